The smallest absolute Gasteiger partial charge is 0.243 e. The predicted molar refractivity (Wildman–Crippen MR) is 88.8 cm³/mol. The molecule has 3 rings (SSSR count). The molecule has 7 heteroatoms. The number of hydrogen-bond donors (Lipinski definition) is 0. The lowest BCUT2D eigenvalue weighted by molar-refractivity contribution is -0.135. The molecule has 0 aliphatic carbocycles. The molecule has 0 bridgehead atoms. The molecule has 0 spiro atoms. The maximum Gasteiger partial charge on any atom is 0.243 e. The largest absolute Gasteiger partial charge is 0.341 e. The van der Waals surface area contributed by atoms with Gasteiger partial charge in [-0.1, -0.05) is 17.7 Å². The predicted octanol–water partition coefficient (Wildman–Crippen LogP) is 2.11. The number of nitrogens with zero attached hydrogens (tertiary/aromatic N) is 2. The Bertz CT molecular complexity index is 699. The number of aryl methyl sites for hydroxylation is 1. The molecule has 0 aromatic heterocycles. The van der Waals surface area contributed by atoms with Gasteiger partial charge in [-0.3, -0.25) is 4.79 Å². The highest BCUT2D eigenvalue weighted by Gasteiger charge is 2.45. The van der Waals surface area contributed by atoms with Gasteiger partial charge < -0.3 is 4.90 Å². The van der Waals surface area contributed by atoms with Crippen LogP contribution in [-0.4, -0.2) is 55.4 Å². The van der Waals surface area contributed by atoms with Crippen molar-refractivity contribution in [3.8, 4) is 0 Å². The van der Waals surface area contributed by atoms with Gasteiger partial charge >= 0.3 is 0 Å². The summed E-state index contributed by atoms with van der Waals surface area (Å²) in [5, 5.41) is 0. The van der Waals surface area contributed by atoms with Crippen LogP contribution in [0.3, 0.4) is 0 Å². The molecule has 0 radical (unpaired) electrons. The summed E-state index contributed by atoms with van der Waals surface area (Å²) in [5.74, 6) is -0.259. The second-order valence-corrected chi connectivity index (χ2v) is 8.51. The average molecular weight is 354 g/mol. The minimum Gasteiger partial charge on any atom is -0.341 e. The number of alkyl halides is 1. The van der Waals surface area contributed by atoms with Crippen molar-refractivity contribution >= 4 is 15.9 Å². The molecular formula is C17H23FN2O3S. The number of amides is 1. The molecule has 2 saturated heterocycles. The number of carbonyl (C=O) groups is 1. The highest BCUT2D eigenvalue weighted by Crippen LogP contribution is 2.29. The van der Waals surface area contributed by atoms with Gasteiger partial charge in [0.2, 0.25) is 15.9 Å². The zero-order chi connectivity index (χ0) is 17.3. The van der Waals surface area contributed by atoms with Gasteiger partial charge in [0.15, 0.2) is 0 Å². The lowest BCUT2D eigenvalue weighted by Crippen LogP contribution is -2.49. The summed E-state index contributed by atoms with van der Waals surface area (Å²) < 4.78 is 40.8. The summed E-state index contributed by atoms with van der Waals surface area (Å²) >= 11 is 0. The van der Waals surface area contributed by atoms with Crippen molar-refractivity contribution in [2.24, 2.45) is 0 Å². The maximum atomic E-state index is 14.0. The number of sulfonamides is 1. The minimum atomic E-state index is -3.88. The van der Waals surface area contributed by atoms with E-state index in [0.717, 1.165) is 29.1 Å². The summed E-state index contributed by atoms with van der Waals surface area (Å²) in [6, 6.07) is 5.51. The standard InChI is InChI=1S/C17H23FN2O3S/c1-13-5-7-15(8-6-13)24(22,23)20-12-14(18)11-16(20)17(21)19-9-3-2-4-10-19/h5-8,14,16H,2-4,9-12H2,1H3/t14-,16-/m0/s1. The molecule has 1 aromatic carbocycles. The molecule has 0 N–H and O–H groups in total. The zero-order valence-electron chi connectivity index (χ0n) is 13.8. The molecule has 2 fully saturated rings. The molecule has 1 aromatic rings. The lowest BCUT2D eigenvalue weighted by Gasteiger charge is -2.32. The molecule has 1 amide bonds. The van der Waals surface area contributed by atoms with Gasteiger partial charge in [0.1, 0.15) is 12.2 Å². The highest BCUT2D eigenvalue weighted by molar-refractivity contribution is 7.89. The van der Waals surface area contributed by atoms with Crippen molar-refractivity contribution in [1.29, 1.82) is 0 Å². The number of piperidine rings is 1. The van der Waals surface area contributed by atoms with Crippen molar-refractivity contribution in [3.63, 3.8) is 0 Å². The Morgan fingerprint density at radius 2 is 1.75 bits per heavy atom. The van der Waals surface area contributed by atoms with Crippen molar-refractivity contribution in [2.45, 2.75) is 49.7 Å². The fourth-order valence-electron chi connectivity index (χ4n) is 3.42. The first-order chi connectivity index (χ1) is 11.4. The molecule has 2 aliphatic rings. The van der Waals surface area contributed by atoms with Crippen LogP contribution < -0.4 is 0 Å². The number of carbonyl (C=O) groups excluding carboxylic acids is 1. The van der Waals surface area contributed by atoms with E-state index in [0.29, 0.717) is 13.1 Å². The van der Waals surface area contributed by atoms with Gasteiger partial charge in [-0.05, 0) is 38.3 Å². The average Bonchev–Trinajstić information content (AvgIpc) is 2.98. The summed E-state index contributed by atoms with van der Waals surface area (Å²) in [5.41, 5.74) is 0.944. The van der Waals surface area contributed by atoms with Crippen LogP contribution in [0.1, 0.15) is 31.2 Å². The van der Waals surface area contributed by atoms with Crippen LogP contribution in [0.4, 0.5) is 4.39 Å². The third-order valence-corrected chi connectivity index (χ3v) is 6.67. The van der Waals surface area contributed by atoms with Crippen molar-refractivity contribution < 1.29 is 17.6 Å². The maximum absolute atomic E-state index is 14.0. The Morgan fingerprint density at radius 1 is 1.12 bits per heavy atom. The summed E-state index contributed by atoms with van der Waals surface area (Å²) in [6.07, 6.45) is 1.56. The van der Waals surface area contributed by atoms with E-state index in [9.17, 15) is 17.6 Å². The Morgan fingerprint density at radius 3 is 2.38 bits per heavy atom. The second kappa shape index (κ2) is 6.80. The van der Waals surface area contributed by atoms with Crippen molar-refractivity contribution in [2.75, 3.05) is 19.6 Å². The minimum absolute atomic E-state index is 0.0551. The molecule has 2 aliphatic heterocycles. The molecule has 132 valence electrons. The van der Waals surface area contributed by atoms with E-state index in [2.05, 4.69) is 0 Å². The van der Waals surface area contributed by atoms with Gasteiger partial charge in [-0.25, -0.2) is 12.8 Å². The SMILES string of the molecule is Cc1ccc(S(=O)(=O)N2C[C@@H](F)C[C@H]2C(=O)N2CCCCC2)cc1. The van der Waals surface area contributed by atoms with Gasteiger partial charge in [0.25, 0.3) is 0 Å². The van der Waals surface area contributed by atoms with E-state index < -0.39 is 22.2 Å². The topological polar surface area (TPSA) is 57.7 Å². The number of benzene rings is 1. The monoisotopic (exact) mass is 354 g/mol. The Labute approximate surface area is 142 Å². The fourth-order valence-corrected chi connectivity index (χ4v) is 5.04. The quantitative estimate of drug-likeness (QED) is 0.835. The molecule has 0 unspecified atom stereocenters. The normalized spacial score (nSPS) is 25.8. The fraction of sp³-hybridized carbons (Fsp3) is 0.588. The first kappa shape index (κ1) is 17.4. The van der Waals surface area contributed by atoms with E-state index in [4.69, 9.17) is 0 Å². The van der Waals surface area contributed by atoms with Crippen LogP contribution in [0.25, 0.3) is 0 Å². The lowest BCUT2D eigenvalue weighted by atomic mass is 10.1. The van der Waals surface area contributed by atoms with Crippen LogP contribution >= 0.6 is 0 Å². The Balaban J connectivity index is 1.86. The first-order valence-corrected chi connectivity index (χ1v) is 9.85. The van der Waals surface area contributed by atoms with Gasteiger partial charge in [0, 0.05) is 26.1 Å². The Hall–Kier alpha value is -1.47. The van der Waals surface area contributed by atoms with E-state index in [1.54, 1.807) is 17.0 Å². The third kappa shape index (κ3) is 3.32. The number of halogens is 1. The van der Waals surface area contributed by atoms with E-state index in [-0.39, 0.29) is 23.8 Å². The van der Waals surface area contributed by atoms with E-state index in [1.807, 2.05) is 6.92 Å². The summed E-state index contributed by atoms with van der Waals surface area (Å²) in [4.78, 5) is 14.5. The van der Waals surface area contributed by atoms with Crippen LogP contribution in [0.5, 0.6) is 0 Å². The molecule has 5 nitrogen and oxygen atoms in total. The van der Waals surface area contributed by atoms with Gasteiger partial charge in [-0.15, -0.1) is 0 Å². The number of hydrogen-bond acceptors (Lipinski definition) is 3. The number of likely N-dealkylation sites (tertiary alicyclic amines) is 1. The summed E-state index contributed by atoms with van der Waals surface area (Å²) in [6.45, 7) is 2.88. The van der Waals surface area contributed by atoms with Crippen LogP contribution in [0, 0.1) is 6.92 Å². The third-order valence-electron chi connectivity index (χ3n) is 4.79. The molecule has 2 atom stereocenters. The van der Waals surface area contributed by atoms with Crippen LogP contribution in [0.15, 0.2) is 29.2 Å². The zero-order valence-corrected chi connectivity index (χ0v) is 14.6. The first-order valence-electron chi connectivity index (χ1n) is 8.41. The van der Waals surface area contributed by atoms with Gasteiger partial charge in [0.05, 0.1) is 4.90 Å². The van der Waals surface area contributed by atoms with Crippen molar-refractivity contribution in [3.05, 3.63) is 29.8 Å². The second-order valence-electron chi connectivity index (χ2n) is 6.62. The number of rotatable bonds is 3. The molecule has 0 saturated carbocycles. The highest BCUT2D eigenvalue weighted by atomic mass is 32.2. The van der Waals surface area contributed by atoms with Gasteiger partial charge in [-0.2, -0.15) is 4.31 Å². The summed E-state index contributed by atoms with van der Waals surface area (Å²) in [7, 11) is -3.88. The van der Waals surface area contributed by atoms with E-state index in [1.165, 1.54) is 12.1 Å². The Kier molecular flexibility index (Phi) is 4.92. The molecule has 2 heterocycles. The molecular weight excluding hydrogens is 331 g/mol. The van der Waals surface area contributed by atoms with E-state index >= 15 is 0 Å². The molecule has 24 heavy (non-hydrogen) atoms. The van der Waals surface area contributed by atoms with Crippen LogP contribution in [0.2, 0.25) is 0 Å². The van der Waals surface area contributed by atoms with Crippen molar-refractivity contribution in [1.82, 2.24) is 9.21 Å². The van der Waals surface area contributed by atoms with Crippen LogP contribution in [-0.2, 0) is 14.8 Å².